The molecule has 0 spiro atoms. The summed E-state index contributed by atoms with van der Waals surface area (Å²) in [6.45, 7) is 2.71. The minimum atomic E-state index is -0.489. The first-order valence-electron chi connectivity index (χ1n) is 12.5. The van der Waals surface area contributed by atoms with Gasteiger partial charge in [-0.05, 0) is 30.3 Å². The third kappa shape index (κ3) is 4.72. The Bertz CT molecular complexity index is 1740. The number of para-hydroxylation sites is 2. The number of nitrogens with one attached hydrogen (secondary N) is 1. The second-order valence-corrected chi connectivity index (χ2v) is 10.1. The van der Waals surface area contributed by atoms with Crippen LogP contribution in [-0.2, 0) is 4.79 Å². The first kappa shape index (κ1) is 24.7. The predicted molar refractivity (Wildman–Crippen MR) is 152 cm³/mol. The van der Waals surface area contributed by atoms with Crippen molar-refractivity contribution in [3.63, 3.8) is 0 Å². The smallest absolute Gasteiger partial charge is 0.283 e. The number of rotatable bonds is 6. The van der Waals surface area contributed by atoms with E-state index in [-0.39, 0.29) is 22.9 Å². The lowest BCUT2D eigenvalue weighted by Gasteiger charge is -2.36. The minimum Gasteiger partial charge on any atom is -0.368 e. The van der Waals surface area contributed by atoms with Crippen LogP contribution in [0.3, 0.4) is 0 Å². The van der Waals surface area contributed by atoms with Crippen LogP contribution < -0.4 is 10.5 Å². The number of H-pyrrole nitrogens is 1. The van der Waals surface area contributed by atoms with Crippen molar-refractivity contribution in [1.82, 2.24) is 19.4 Å². The molecule has 5 aromatic rings. The zero-order valence-corrected chi connectivity index (χ0v) is 21.6. The van der Waals surface area contributed by atoms with Crippen LogP contribution in [0.5, 0.6) is 0 Å². The van der Waals surface area contributed by atoms with Gasteiger partial charge in [-0.2, -0.15) is 0 Å². The summed E-state index contributed by atoms with van der Waals surface area (Å²) < 4.78 is 1.41. The van der Waals surface area contributed by atoms with E-state index in [4.69, 9.17) is 4.98 Å². The number of non-ortho nitro benzene ring substituents is 1. The van der Waals surface area contributed by atoms with Crippen LogP contribution in [0.4, 0.5) is 11.4 Å². The fourth-order valence-corrected chi connectivity index (χ4v) is 5.77. The molecule has 2 aromatic heterocycles. The van der Waals surface area contributed by atoms with Gasteiger partial charge in [0.05, 0.1) is 16.4 Å². The van der Waals surface area contributed by atoms with Gasteiger partial charge >= 0.3 is 0 Å². The summed E-state index contributed by atoms with van der Waals surface area (Å²) in [5.74, 6) is 0.0785. The standard InChI is InChI=1S/C28H24N6O4S/c35-24(32-16-14-31(15-17-32)19-6-2-1-3-7-19)18-39-28-30-25-22-8-4-5-9-23(22)29-26(25)27(36)33(28)20-10-12-21(13-11-20)34(37)38/h1-13,29H,14-18H2. The Morgan fingerprint density at radius 3 is 2.33 bits per heavy atom. The van der Waals surface area contributed by atoms with Crippen molar-refractivity contribution >= 4 is 51.0 Å². The summed E-state index contributed by atoms with van der Waals surface area (Å²) in [4.78, 5) is 49.6. The number of hydrogen-bond donors (Lipinski definition) is 1. The number of benzene rings is 3. The summed E-state index contributed by atoms with van der Waals surface area (Å²) >= 11 is 1.19. The van der Waals surface area contributed by atoms with E-state index in [0.29, 0.717) is 35.0 Å². The molecule has 196 valence electrons. The summed E-state index contributed by atoms with van der Waals surface area (Å²) in [6, 6.07) is 23.4. The number of carbonyl (C=O) groups is 1. The number of aromatic amines is 1. The van der Waals surface area contributed by atoms with Gasteiger partial charge in [-0.3, -0.25) is 24.3 Å². The van der Waals surface area contributed by atoms with Gasteiger partial charge in [-0.1, -0.05) is 48.2 Å². The van der Waals surface area contributed by atoms with Gasteiger partial charge < -0.3 is 14.8 Å². The molecule has 1 saturated heterocycles. The highest BCUT2D eigenvalue weighted by atomic mass is 32.2. The van der Waals surface area contributed by atoms with Crippen molar-refractivity contribution in [2.45, 2.75) is 5.16 Å². The molecule has 11 heteroatoms. The number of amides is 1. The van der Waals surface area contributed by atoms with Gasteiger partial charge in [0, 0.05) is 54.9 Å². The van der Waals surface area contributed by atoms with Gasteiger partial charge in [0.25, 0.3) is 11.2 Å². The fourth-order valence-electron chi connectivity index (χ4n) is 4.86. The normalized spacial score (nSPS) is 13.7. The molecule has 3 heterocycles. The lowest BCUT2D eigenvalue weighted by molar-refractivity contribution is -0.384. The maximum absolute atomic E-state index is 13.7. The third-order valence-electron chi connectivity index (χ3n) is 6.89. The molecule has 1 aliphatic rings. The van der Waals surface area contributed by atoms with E-state index in [1.165, 1.54) is 40.6 Å². The average Bonchev–Trinajstić information content (AvgIpc) is 3.35. The number of nitrogens with zero attached hydrogens (tertiary/aromatic N) is 5. The highest BCUT2D eigenvalue weighted by Crippen LogP contribution is 2.27. The van der Waals surface area contributed by atoms with E-state index >= 15 is 0 Å². The molecule has 10 nitrogen and oxygen atoms in total. The van der Waals surface area contributed by atoms with Gasteiger partial charge in [0.1, 0.15) is 11.0 Å². The van der Waals surface area contributed by atoms with E-state index in [9.17, 15) is 19.7 Å². The molecule has 0 bridgehead atoms. The lowest BCUT2D eigenvalue weighted by Crippen LogP contribution is -2.49. The second-order valence-electron chi connectivity index (χ2n) is 9.19. The summed E-state index contributed by atoms with van der Waals surface area (Å²) in [7, 11) is 0. The molecular formula is C28H24N6O4S. The van der Waals surface area contributed by atoms with Crippen molar-refractivity contribution in [2.24, 2.45) is 0 Å². The SMILES string of the molecule is O=C(CSc1nc2c([nH]c3ccccc32)c(=O)n1-c1ccc([N+](=O)[O-])cc1)N1CCN(c2ccccc2)CC1. The molecule has 0 radical (unpaired) electrons. The quantitative estimate of drug-likeness (QED) is 0.148. The van der Waals surface area contributed by atoms with E-state index in [0.717, 1.165) is 29.7 Å². The molecule has 0 aliphatic carbocycles. The van der Waals surface area contributed by atoms with Gasteiger partial charge in [-0.25, -0.2) is 4.98 Å². The topological polar surface area (TPSA) is 117 Å². The first-order valence-corrected chi connectivity index (χ1v) is 13.5. The molecule has 6 rings (SSSR count). The van der Waals surface area contributed by atoms with Crippen molar-refractivity contribution in [1.29, 1.82) is 0 Å². The molecule has 1 fully saturated rings. The largest absolute Gasteiger partial charge is 0.368 e. The van der Waals surface area contributed by atoms with Crippen LogP contribution >= 0.6 is 11.8 Å². The van der Waals surface area contributed by atoms with E-state index in [1.807, 2.05) is 47.4 Å². The molecule has 1 amide bonds. The van der Waals surface area contributed by atoms with E-state index in [1.54, 1.807) is 0 Å². The number of anilines is 1. The Kier molecular flexibility index (Phi) is 6.49. The van der Waals surface area contributed by atoms with Crippen LogP contribution in [0.25, 0.3) is 27.6 Å². The Hall–Kier alpha value is -4.64. The highest BCUT2D eigenvalue weighted by molar-refractivity contribution is 7.99. The third-order valence-corrected chi connectivity index (χ3v) is 7.81. The summed E-state index contributed by atoms with van der Waals surface area (Å²) in [6.07, 6.45) is 0. The fraction of sp³-hybridized carbons (Fsp3) is 0.179. The molecule has 0 saturated carbocycles. The maximum atomic E-state index is 13.7. The summed E-state index contributed by atoms with van der Waals surface area (Å²) in [5.41, 5.74) is 2.80. The summed E-state index contributed by atoms with van der Waals surface area (Å²) in [5, 5.41) is 12.3. The van der Waals surface area contributed by atoms with Gasteiger partial charge in [0.15, 0.2) is 5.16 Å². The first-order chi connectivity index (χ1) is 19.0. The molecule has 0 atom stereocenters. The maximum Gasteiger partial charge on any atom is 0.283 e. The molecule has 3 aromatic carbocycles. The number of carbonyl (C=O) groups excluding carboxylic acids is 1. The van der Waals surface area contributed by atoms with Crippen molar-refractivity contribution in [3.8, 4) is 5.69 Å². The minimum absolute atomic E-state index is 0.0313. The van der Waals surface area contributed by atoms with Crippen molar-refractivity contribution in [3.05, 3.63) is 99.3 Å². The molecule has 1 N–H and O–H groups in total. The van der Waals surface area contributed by atoms with E-state index < -0.39 is 4.92 Å². The molecule has 39 heavy (non-hydrogen) atoms. The van der Waals surface area contributed by atoms with Crippen LogP contribution in [0, 0.1) is 10.1 Å². The molecular weight excluding hydrogens is 516 g/mol. The number of piperazine rings is 1. The van der Waals surface area contributed by atoms with Gasteiger partial charge in [-0.15, -0.1) is 0 Å². The Morgan fingerprint density at radius 1 is 0.923 bits per heavy atom. The highest BCUT2D eigenvalue weighted by Gasteiger charge is 2.23. The van der Waals surface area contributed by atoms with Crippen molar-refractivity contribution < 1.29 is 9.72 Å². The van der Waals surface area contributed by atoms with Crippen LogP contribution in [0.1, 0.15) is 0 Å². The Balaban J connectivity index is 1.29. The number of thioether (sulfide) groups is 1. The monoisotopic (exact) mass is 540 g/mol. The number of fused-ring (bicyclic) bond motifs is 3. The van der Waals surface area contributed by atoms with Crippen molar-refractivity contribution in [2.75, 3.05) is 36.8 Å². The molecule has 0 unspecified atom stereocenters. The molecule has 1 aliphatic heterocycles. The van der Waals surface area contributed by atoms with Crippen LogP contribution in [0.2, 0.25) is 0 Å². The van der Waals surface area contributed by atoms with Crippen LogP contribution in [0.15, 0.2) is 88.8 Å². The van der Waals surface area contributed by atoms with E-state index in [2.05, 4.69) is 22.0 Å². The average molecular weight is 541 g/mol. The Labute approximate surface area is 227 Å². The number of aromatic nitrogens is 3. The lowest BCUT2D eigenvalue weighted by atomic mass is 10.2. The van der Waals surface area contributed by atoms with Crippen LogP contribution in [-0.4, -0.2) is 62.2 Å². The number of nitro benzene ring substituents is 1. The second kappa shape index (κ2) is 10.3. The zero-order chi connectivity index (χ0) is 26.9. The van der Waals surface area contributed by atoms with Gasteiger partial charge in [0.2, 0.25) is 5.91 Å². The number of nitro groups is 1. The predicted octanol–water partition coefficient (Wildman–Crippen LogP) is 4.22. The Morgan fingerprint density at radius 2 is 1.62 bits per heavy atom. The zero-order valence-electron chi connectivity index (χ0n) is 20.8. The number of hydrogen-bond acceptors (Lipinski definition) is 7.